The zero-order valence-electron chi connectivity index (χ0n) is 11.4. The third-order valence-corrected chi connectivity index (χ3v) is 5.45. The molecular formula is C14H28. The SMILES string of the molecule is CCC1(C)C(C(C)C(C)(C)C)C1(C)C. The molecule has 3 unspecified atom stereocenters. The van der Waals surface area contributed by atoms with E-state index in [0.717, 1.165) is 11.8 Å². The van der Waals surface area contributed by atoms with E-state index in [1.165, 1.54) is 6.42 Å². The van der Waals surface area contributed by atoms with Gasteiger partial charge in [0.2, 0.25) is 0 Å². The highest BCUT2D eigenvalue weighted by molar-refractivity contribution is 5.16. The maximum atomic E-state index is 2.47. The second-order valence-electron chi connectivity index (χ2n) is 7.13. The van der Waals surface area contributed by atoms with Crippen molar-refractivity contribution < 1.29 is 0 Å². The zero-order valence-corrected chi connectivity index (χ0v) is 11.4. The molecule has 14 heavy (non-hydrogen) atoms. The first-order chi connectivity index (χ1) is 6.09. The molecule has 0 radical (unpaired) electrons. The Morgan fingerprint density at radius 1 is 1.14 bits per heavy atom. The van der Waals surface area contributed by atoms with E-state index < -0.39 is 0 Å². The smallest absolute Gasteiger partial charge is 0.0238 e. The minimum Gasteiger partial charge on any atom is -0.0648 e. The molecule has 0 heterocycles. The summed E-state index contributed by atoms with van der Waals surface area (Å²) in [5.74, 6) is 1.72. The molecule has 0 amide bonds. The van der Waals surface area contributed by atoms with Gasteiger partial charge in [-0.15, -0.1) is 0 Å². The van der Waals surface area contributed by atoms with E-state index in [1.54, 1.807) is 0 Å². The van der Waals surface area contributed by atoms with Gasteiger partial charge in [-0.3, -0.25) is 0 Å². The molecule has 1 fully saturated rings. The van der Waals surface area contributed by atoms with E-state index in [2.05, 4.69) is 55.4 Å². The first-order valence-corrected chi connectivity index (χ1v) is 6.09. The standard InChI is InChI=1S/C14H28/c1-9-14(8)11(13(14,6)7)10(2)12(3,4)5/h10-11H,9H2,1-8H3. The maximum Gasteiger partial charge on any atom is -0.0238 e. The fraction of sp³-hybridized carbons (Fsp3) is 1.00. The number of hydrogen-bond acceptors (Lipinski definition) is 0. The zero-order chi connectivity index (χ0) is 11.4. The molecule has 0 N–H and O–H groups in total. The summed E-state index contributed by atoms with van der Waals surface area (Å²) in [4.78, 5) is 0. The third-order valence-electron chi connectivity index (χ3n) is 5.45. The summed E-state index contributed by atoms with van der Waals surface area (Å²) in [6.07, 6.45) is 1.32. The van der Waals surface area contributed by atoms with Crippen molar-refractivity contribution in [2.24, 2.45) is 28.1 Å². The molecule has 0 saturated heterocycles. The first kappa shape index (κ1) is 12.1. The van der Waals surface area contributed by atoms with Gasteiger partial charge in [0.25, 0.3) is 0 Å². The minimum absolute atomic E-state index is 0.453. The van der Waals surface area contributed by atoms with Crippen LogP contribution in [-0.2, 0) is 0 Å². The van der Waals surface area contributed by atoms with Gasteiger partial charge in [-0.05, 0) is 34.5 Å². The van der Waals surface area contributed by atoms with Crippen molar-refractivity contribution in [3.8, 4) is 0 Å². The highest BCUT2D eigenvalue weighted by Gasteiger charge is 2.68. The Labute approximate surface area is 90.5 Å². The largest absolute Gasteiger partial charge is 0.0648 e. The summed E-state index contributed by atoms with van der Waals surface area (Å²) in [5, 5.41) is 0. The summed E-state index contributed by atoms with van der Waals surface area (Å²) < 4.78 is 0. The van der Waals surface area contributed by atoms with Gasteiger partial charge in [0.1, 0.15) is 0 Å². The average molecular weight is 196 g/mol. The third kappa shape index (κ3) is 1.42. The van der Waals surface area contributed by atoms with Crippen molar-refractivity contribution in [3.63, 3.8) is 0 Å². The van der Waals surface area contributed by atoms with Crippen molar-refractivity contribution in [1.82, 2.24) is 0 Å². The lowest BCUT2D eigenvalue weighted by atomic mass is 9.76. The lowest BCUT2D eigenvalue weighted by molar-refractivity contribution is 0.199. The van der Waals surface area contributed by atoms with E-state index in [9.17, 15) is 0 Å². The Bertz CT molecular complexity index is 219. The molecule has 3 atom stereocenters. The summed E-state index contributed by atoms with van der Waals surface area (Å²) in [6, 6.07) is 0. The predicted molar refractivity (Wildman–Crippen MR) is 64.3 cm³/mol. The van der Waals surface area contributed by atoms with Crippen molar-refractivity contribution >= 4 is 0 Å². The quantitative estimate of drug-likeness (QED) is 0.598. The molecule has 0 spiro atoms. The summed E-state index contributed by atoms with van der Waals surface area (Å²) in [5.41, 5.74) is 1.59. The molecule has 0 aromatic rings. The molecule has 0 aromatic heterocycles. The second-order valence-corrected chi connectivity index (χ2v) is 7.13. The van der Waals surface area contributed by atoms with Crippen LogP contribution in [0.1, 0.15) is 61.8 Å². The average Bonchev–Trinajstić information content (AvgIpc) is 2.44. The maximum absolute atomic E-state index is 2.47. The van der Waals surface area contributed by atoms with Crippen LogP contribution in [0, 0.1) is 28.1 Å². The van der Waals surface area contributed by atoms with Gasteiger partial charge in [-0.1, -0.05) is 55.4 Å². The Hall–Kier alpha value is 0. The van der Waals surface area contributed by atoms with Crippen LogP contribution in [0.2, 0.25) is 0 Å². The first-order valence-electron chi connectivity index (χ1n) is 6.09. The Kier molecular flexibility index (Phi) is 2.58. The molecule has 84 valence electrons. The van der Waals surface area contributed by atoms with E-state index in [1.807, 2.05) is 0 Å². The van der Waals surface area contributed by atoms with Gasteiger partial charge in [0.05, 0.1) is 0 Å². The van der Waals surface area contributed by atoms with Crippen LogP contribution >= 0.6 is 0 Å². The van der Waals surface area contributed by atoms with E-state index >= 15 is 0 Å². The van der Waals surface area contributed by atoms with Crippen molar-refractivity contribution in [2.45, 2.75) is 61.8 Å². The van der Waals surface area contributed by atoms with Crippen LogP contribution in [0.15, 0.2) is 0 Å². The Morgan fingerprint density at radius 2 is 1.57 bits per heavy atom. The van der Waals surface area contributed by atoms with Crippen LogP contribution < -0.4 is 0 Å². The van der Waals surface area contributed by atoms with Gasteiger partial charge in [0.15, 0.2) is 0 Å². The van der Waals surface area contributed by atoms with Gasteiger partial charge >= 0.3 is 0 Å². The molecule has 1 saturated carbocycles. The fourth-order valence-electron chi connectivity index (χ4n) is 3.47. The van der Waals surface area contributed by atoms with Crippen LogP contribution in [-0.4, -0.2) is 0 Å². The second kappa shape index (κ2) is 3.00. The van der Waals surface area contributed by atoms with Gasteiger partial charge in [-0.2, -0.15) is 0 Å². The van der Waals surface area contributed by atoms with Crippen molar-refractivity contribution in [3.05, 3.63) is 0 Å². The van der Waals surface area contributed by atoms with Crippen molar-refractivity contribution in [1.29, 1.82) is 0 Å². The fourth-order valence-corrected chi connectivity index (χ4v) is 3.47. The highest BCUT2D eigenvalue weighted by Crippen LogP contribution is 2.74. The van der Waals surface area contributed by atoms with Crippen LogP contribution in [0.5, 0.6) is 0 Å². The van der Waals surface area contributed by atoms with Gasteiger partial charge in [-0.25, -0.2) is 0 Å². The van der Waals surface area contributed by atoms with Crippen LogP contribution in [0.25, 0.3) is 0 Å². The Balaban J connectivity index is 2.84. The van der Waals surface area contributed by atoms with E-state index in [-0.39, 0.29) is 0 Å². The normalized spacial score (nSPS) is 38.1. The lowest BCUT2D eigenvalue weighted by Crippen LogP contribution is -2.22. The predicted octanol–water partition coefficient (Wildman–Crippen LogP) is 4.74. The number of rotatable bonds is 2. The molecule has 0 aromatic carbocycles. The molecule has 0 bridgehead atoms. The highest BCUT2D eigenvalue weighted by atomic mass is 14.7. The van der Waals surface area contributed by atoms with Crippen LogP contribution in [0.4, 0.5) is 0 Å². The van der Waals surface area contributed by atoms with E-state index in [4.69, 9.17) is 0 Å². The molecule has 0 nitrogen and oxygen atoms in total. The van der Waals surface area contributed by atoms with Gasteiger partial charge in [0, 0.05) is 0 Å². The summed E-state index contributed by atoms with van der Waals surface area (Å²) in [7, 11) is 0. The minimum atomic E-state index is 0.453. The van der Waals surface area contributed by atoms with E-state index in [0.29, 0.717) is 16.2 Å². The molecule has 1 aliphatic rings. The topological polar surface area (TPSA) is 0 Å². The number of hydrogen-bond donors (Lipinski definition) is 0. The summed E-state index contributed by atoms with van der Waals surface area (Å²) >= 11 is 0. The monoisotopic (exact) mass is 196 g/mol. The van der Waals surface area contributed by atoms with Crippen molar-refractivity contribution in [2.75, 3.05) is 0 Å². The van der Waals surface area contributed by atoms with Crippen LogP contribution in [0.3, 0.4) is 0 Å². The van der Waals surface area contributed by atoms with Gasteiger partial charge < -0.3 is 0 Å². The molecule has 0 heteroatoms. The molecule has 1 aliphatic carbocycles. The molecule has 1 rings (SSSR count). The molecule has 0 aliphatic heterocycles. The molecular weight excluding hydrogens is 168 g/mol. The lowest BCUT2D eigenvalue weighted by Gasteiger charge is -2.29. The summed E-state index contributed by atoms with van der Waals surface area (Å²) in [6.45, 7) is 19.3. The Morgan fingerprint density at radius 3 is 1.79 bits per heavy atom.